The highest BCUT2D eigenvalue weighted by atomic mass is 19.1. The number of nitrogens with zero attached hydrogens (tertiary/aromatic N) is 1. The van der Waals surface area contributed by atoms with Gasteiger partial charge in [0, 0.05) is 13.6 Å². The van der Waals surface area contributed by atoms with Crippen LogP contribution in [0, 0.1) is 17.6 Å². The molecule has 88 valence electrons. The summed E-state index contributed by atoms with van der Waals surface area (Å²) in [7, 11) is 1.54. The Hall–Kier alpha value is -1.45. The Kier molecular flexibility index (Phi) is 3.99. The molecule has 0 atom stereocenters. The van der Waals surface area contributed by atoms with Gasteiger partial charge in [0.25, 0.3) is 5.91 Å². The quantitative estimate of drug-likeness (QED) is 0.777. The molecule has 0 saturated heterocycles. The number of hydrogen-bond acceptors (Lipinski definition) is 1. The minimum atomic E-state index is -0.819. The number of rotatable bonds is 3. The molecule has 1 aromatic rings. The first kappa shape index (κ1) is 12.6. The molecule has 0 heterocycles. The van der Waals surface area contributed by atoms with Crippen LogP contribution in [0.5, 0.6) is 0 Å². The SMILES string of the molecule is CC(C)CN(C)C(=O)c1c(F)cccc1F. The third-order valence-corrected chi connectivity index (χ3v) is 2.16. The molecular formula is C12H15F2NO. The van der Waals surface area contributed by atoms with Crippen molar-refractivity contribution >= 4 is 5.91 Å². The van der Waals surface area contributed by atoms with Gasteiger partial charge in [0.05, 0.1) is 0 Å². The Bertz CT molecular complexity index is 370. The van der Waals surface area contributed by atoms with E-state index < -0.39 is 23.1 Å². The zero-order valence-corrected chi connectivity index (χ0v) is 9.63. The Morgan fingerprint density at radius 1 is 1.31 bits per heavy atom. The molecule has 0 aliphatic rings. The van der Waals surface area contributed by atoms with E-state index in [0.717, 1.165) is 12.1 Å². The molecule has 0 radical (unpaired) electrons. The van der Waals surface area contributed by atoms with E-state index in [1.54, 1.807) is 0 Å². The maximum atomic E-state index is 13.3. The van der Waals surface area contributed by atoms with Crippen molar-refractivity contribution in [2.24, 2.45) is 5.92 Å². The van der Waals surface area contributed by atoms with Crippen LogP contribution in [0.3, 0.4) is 0 Å². The predicted octanol–water partition coefficient (Wildman–Crippen LogP) is 2.69. The molecular weight excluding hydrogens is 212 g/mol. The van der Waals surface area contributed by atoms with Crippen LogP contribution >= 0.6 is 0 Å². The molecule has 4 heteroatoms. The lowest BCUT2D eigenvalue weighted by atomic mass is 10.1. The molecule has 1 rings (SSSR count). The molecule has 0 N–H and O–H groups in total. The summed E-state index contributed by atoms with van der Waals surface area (Å²) in [5.74, 6) is -2.01. The number of benzene rings is 1. The highest BCUT2D eigenvalue weighted by molar-refractivity contribution is 5.94. The summed E-state index contributed by atoms with van der Waals surface area (Å²) >= 11 is 0. The standard InChI is InChI=1S/C12H15F2NO/c1-8(2)7-15(3)12(16)11-9(13)5-4-6-10(11)14/h4-6,8H,7H2,1-3H3. The van der Waals surface area contributed by atoms with E-state index in [9.17, 15) is 13.6 Å². The van der Waals surface area contributed by atoms with Crippen LogP contribution in [0.2, 0.25) is 0 Å². The molecule has 16 heavy (non-hydrogen) atoms. The van der Waals surface area contributed by atoms with Gasteiger partial charge in [0.2, 0.25) is 0 Å². The molecule has 1 aromatic carbocycles. The van der Waals surface area contributed by atoms with E-state index in [0.29, 0.717) is 6.54 Å². The van der Waals surface area contributed by atoms with Gasteiger partial charge in [-0.3, -0.25) is 4.79 Å². The maximum absolute atomic E-state index is 13.3. The normalized spacial score (nSPS) is 10.6. The first-order valence-corrected chi connectivity index (χ1v) is 5.13. The smallest absolute Gasteiger partial charge is 0.259 e. The molecule has 0 aliphatic heterocycles. The minimum Gasteiger partial charge on any atom is -0.341 e. The van der Waals surface area contributed by atoms with E-state index in [2.05, 4.69) is 0 Å². The van der Waals surface area contributed by atoms with Crippen LogP contribution in [0.25, 0.3) is 0 Å². The summed E-state index contributed by atoms with van der Waals surface area (Å²) in [5, 5.41) is 0. The Balaban J connectivity index is 2.96. The average Bonchev–Trinajstić information content (AvgIpc) is 2.16. The Labute approximate surface area is 93.9 Å². The molecule has 1 amide bonds. The van der Waals surface area contributed by atoms with E-state index in [-0.39, 0.29) is 5.92 Å². The summed E-state index contributed by atoms with van der Waals surface area (Å²) in [6.45, 7) is 4.33. The number of hydrogen-bond donors (Lipinski definition) is 0. The molecule has 0 aliphatic carbocycles. The third-order valence-electron chi connectivity index (χ3n) is 2.16. The Morgan fingerprint density at radius 3 is 2.25 bits per heavy atom. The Morgan fingerprint density at radius 2 is 1.81 bits per heavy atom. The topological polar surface area (TPSA) is 20.3 Å². The average molecular weight is 227 g/mol. The van der Waals surface area contributed by atoms with Gasteiger partial charge in [0.1, 0.15) is 17.2 Å². The molecule has 2 nitrogen and oxygen atoms in total. The monoisotopic (exact) mass is 227 g/mol. The summed E-state index contributed by atoms with van der Waals surface area (Å²) in [5.41, 5.74) is -0.481. The predicted molar refractivity (Wildman–Crippen MR) is 58.2 cm³/mol. The summed E-state index contributed by atoms with van der Waals surface area (Å²) < 4.78 is 26.6. The van der Waals surface area contributed by atoms with Crippen molar-refractivity contribution < 1.29 is 13.6 Å². The molecule has 0 spiro atoms. The second kappa shape index (κ2) is 5.05. The molecule has 0 aromatic heterocycles. The van der Waals surface area contributed by atoms with Crippen LogP contribution in [0.4, 0.5) is 8.78 Å². The van der Waals surface area contributed by atoms with E-state index in [4.69, 9.17) is 0 Å². The van der Waals surface area contributed by atoms with E-state index >= 15 is 0 Å². The summed E-state index contributed by atoms with van der Waals surface area (Å²) in [4.78, 5) is 13.1. The molecule has 0 saturated carbocycles. The first-order valence-electron chi connectivity index (χ1n) is 5.13. The largest absolute Gasteiger partial charge is 0.341 e. The van der Waals surface area contributed by atoms with Crippen LogP contribution in [0.1, 0.15) is 24.2 Å². The van der Waals surface area contributed by atoms with Gasteiger partial charge in [-0.1, -0.05) is 19.9 Å². The van der Waals surface area contributed by atoms with Gasteiger partial charge in [0.15, 0.2) is 0 Å². The van der Waals surface area contributed by atoms with Crippen LogP contribution in [0.15, 0.2) is 18.2 Å². The number of amides is 1. The van der Waals surface area contributed by atoms with Gasteiger partial charge in [-0.15, -0.1) is 0 Å². The number of carbonyl (C=O) groups is 1. The first-order chi connectivity index (χ1) is 7.43. The second-order valence-electron chi connectivity index (χ2n) is 4.18. The molecule has 0 bridgehead atoms. The van der Waals surface area contributed by atoms with Crippen LogP contribution in [-0.2, 0) is 0 Å². The van der Waals surface area contributed by atoms with E-state index in [1.807, 2.05) is 13.8 Å². The van der Waals surface area contributed by atoms with Crippen molar-refractivity contribution in [2.45, 2.75) is 13.8 Å². The van der Waals surface area contributed by atoms with Crippen molar-refractivity contribution in [1.82, 2.24) is 4.90 Å². The van der Waals surface area contributed by atoms with Crippen molar-refractivity contribution in [3.05, 3.63) is 35.4 Å². The van der Waals surface area contributed by atoms with Crippen molar-refractivity contribution in [3.63, 3.8) is 0 Å². The van der Waals surface area contributed by atoms with Crippen molar-refractivity contribution in [2.75, 3.05) is 13.6 Å². The summed E-state index contributed by atoms with van der Waals surface area (Å²) in [6, 6.07) is 3.41. The van der Waals surface area contributed by atoms with Crippen molar-refractivity contribution in [3.8, 4) is 0 Å². The second-order valence-corrected chi connectivity index (χ2v) is 4.18. The fraction of sp³-hybridized carbons (Fsp3) is 0.417. The summed E-state index contributed by atoms with van der Waals surface area (Å²) in [6.07, 6.45) is 0. The minimum absolute atomic E-state index is 0.254. The fourth-order valence-electron chi connectivity index (χ4n) is 1.52. The lowest BCUT2D eigenvalue weighted by Crippen LogP contribution is -2.31. The van der Waals surface area contributed by atoms with Gasteiger partial charge in [-0.05, 0) is 18.1 Å². The van der Waals surface area contributed by atoms with E-state index in [1.165, 1.54) is 18.0 Å². The van der Waals surface area contributed by atoms with Crippen LogP contribution < -0.4 is 0 Å². The number of carbonyl (C=O) groups excluding carboxylic acids is 1. The third kappa shape index (κ3) is 2.78. The zero-order chi connectivity index (χ0) is 12.3. The van der Waals surface area contributed by atoms with Gasteiger partial charge >= 0.3 is 0 Å². The van der Waals surface area contributed by atoms with Crippen LogP contribution in [-0.4, -0.2) is 24.4 Å². The maximum Gasteiger partial charge on any atom is 0.259 e. The highest BCUT2D eigenvalue weighted by Crippen LogP contribution is 2.14. The fourth-order valence-corrected chi connectivity index (χ4v) is 1.52. The lowest BCUT2D eigenvalue weighted by molar-refractivity contribution is 0.0769. The molecule has 0 fully saturated rings. The van der Waals surface area contributed by atoms with Gasteiger partial charge < -0.3 is 4.90 Å². The van der Waals surface area contributed by atoms with Gasteiger partial charge in [-0.2, -0.15) is 0 Å². The lowest BCUT2D eigenvalue weighted by Gasteiger charge is -2.19. The highest BCUT2D eigenvalue weighted by Gasteiger charge is 2.20. The van der Waals surface area contributed by atoms with Crippen molar-refractivity contribution in [1.29, 1.82) is 0 Å². The number of halogens is 2. The molecule has 0 unspecified atom stereocenters. The zero-order valence-electron chi connectivity index (χ0n) is 9.63. The van der Waals surface area contributed by atoms with Gasteiger partial charge in [-0.25, -0.2) is 8.78 Å².